The molecule has 0 radical (unpaired) electrons. The van der Waals surface area contributed by atoms with Gasteiger partial charge in [-0.15, -0.1) is 0 Å². The van der Waals surface area contributed by atoms with Gasteiger partial charge in [0.2, 0.25) is 5.78 Å². The number of nitrogens with zero attached hydrogens (tertiary/aromatic N) is 1. The summed E-state index contributed by atoms with van der Waals surface area (Å²) in [7, 11) is 1.48. The topological polar surface area (TPSA) is 39.2 Å². The molecule has 0 spiro atoms. The molecule has 0 saturated heterocycles. The molecule has 1 rings (SSSR count). The van der Waals surface area contributed by atoms with Gasteiger partial charge < -0.3 is 4.74 Å². The van der Waals surface area contributed by atoms with Gasteiger partial charge in [-0.1, -0.05) is 0 Å². The maximum atomic E-state index is 11.3. The predicted octanol–water partition coefficient (Wildman–Crippen LogP) is 2.44. The van der Waals surface area contributed by atoms with Crippen LogP contribution in [-0.2, 0) is 4.74 Å². The van der Waals surface area contributed by atoms with Crippen LogP contribution in [0.4, 0.5) is 0 Å². The van der Waals surface area contributed by atoms with Crippen molar-refractivity contribution in [2.75, 3.05) is 13.7 Å². The number of hydrogen-bond acceptors (Lipinski definition) is 3. The summed E-state index contributed by atoms with van der Waals surface area (Å²) in [5.41, 5.74) is 0.394. The normalized spacial score (nSPS) is 10.1. The van der Waals surface area contributed by atoms with E-state index in [1.807, 2.05) is 0 Å². The van der Waals surface area contributed by atoms with E-state index in [9.17, 15) is 4.79 Å². The average Bonchev–Trinajstić information content (AvgIpc) is 2.04. The number of Topliss-reactive ketones (excluding diaryl/α,β-unsaturated/α-hetero) is 1. The lowest BCUT2D eigenvalue weighted by molar-refractivity contribution is 0.0842. The van der Waals surface area contributed by atoms with Crippen molar-refractivity contribution in [2.24, 2.45) is 0 Å². The Labute approximate surface area is 92.8 Å². The number of carbonyl (C=O) groups is 1. The molecular formula is C8H7Br2NO2. The molecule has 1 aromatic heterocycles. The second-order valence-electron chi connectivity index (χ2n) is 2.34. The molecule has 0 bridgehead atoms. The Hall–Kier alpha value is -0.260. The highest BCUT2D eigenvalue weighted by atomic mass is 79.9. The molecule has 0 saturated carbocycles. The third-order valence-corrected chi connectivity index (χ3v) is 2.39. The minimum Gasteiger partial charge on any atom is -0.376 e. The molecule has 1 aromatic rings. The first-order valence-corrected chi connectivity index (χ1v) is 5.07. The standard InChI is InChI=1S/C8H7Br2NO2/c1-13-4-7(12)8-6(10)2-5(9)3-11-8/h2-3H,4H2,1H3. The van der Waals surface area contributed by atoms with Crippen molar-refractivity contribution in [2.45, 2.75) is 0 Å². The lowest BCUT2D eigenvalue weighted by atomic mass is 10.2. The molecule has 70 valence electrons. The van der Waals surface area contributed by atoms with E-state index in [-0.39, 0.29) is 12.4 Å². The Morgan fingerprint density at radius 3 is 2.85 bits per heavy atom. The summed E-state index contributed by atoms with van der Waals surface area (Å²) >= 11 is 6.50. The molecule has 1 heterocycles. The van der Waals surface area contributed by atoms with E-state index in [4.69, 9.17) is 4.74 Å². The van der Waals surface area contributed by atoms with Crippen LogP contribution in [0, 0.1) is 0 Å². The van der Waals surface area contributed by atoms with Gasteiger partial charge in [-0.05, 0) is 37.9 Å². The fourth-order valence-corrected chi connectivity index (χ4v) is 2.03. The second-order valence-corrected chi connectivity index (χ2v) is 4.11. The lowest BCUT2D eigenvalue weighted by Crippen LogP contribution is -2.09. The van der Waals surface area contributed by atoms with Crippen LogP contribution in [0.2, 0.25) is 0 Å². The predicted molar refractivity (Wildman–Crippen MR) is 55.8 cm³/mol. The zero-order valence-electron chi connectivity index (χ0n) is 6.88. The molecule has 3 nitrogen and oxygen atoms in total. The van der Waals surface area contributed by atoms with Crippen molar-refractivity contribution in [3.63, 3.8) is 0 Å². The summed E-state index contributed by atoms with van der Waals surface area (Å²) < 4.78 is 6.22. The van der Waals surface area contributed by atoms with E-state index >= 15 is 0 Å². The molecular weight excluding hydrogens is 302 g/mol. The number of hydrogen-bond donors (Lipinski definition) is 0. The molecule has 0 fully saturated rings. The SMILES string of the molecule is COCC(=O)c1ncc(Br)cc1Br. The Morgan fingerprint density at radius 2 is 2.31 bits per heavy atom. The van der Waals surface area contributed by atoms with Crippen LogP contribution in [0.15, 0.2) is 21.2 Å². The Balaban J connectivity index is 2.95. The number of rotatable bonds is 3. The number of methoxy groups -OCH3 is 1. The van der Waals surface area contributed by atoms with Crippen LogP contribution in [0.1, 0.15) is 10.5 Å². The van der Waals surface area contributed by atoms with Crippen molar-refractivity contribution < 1.29 is 9.53 Å². The summed E-state index contributed by atoms with van der Waals surface area (Å²) in [5, 5.41) is 0. The first-order chi connectivity index (χ1) is 6.15. The Morgan fingerprint density at radius 1 is 1.62 bits per heavy atom. The van der Waals surface area contributed by atoms with Gasteiger partial charge in [0, 0.05) is 22.3 Å². The molecule has 0 amide bonds. The Kier molecular flexibility index (Phi) is 4.02. The maximum absolute atomic E-state index is 11.3. The van der Waals surface area contributed by atoms with Crippen LogP contribution in [0.3, 0.4) is 0 Å². The largest absolute Gasteiger partial charge is 0.376 e. The van der Waals surface area contributed by atoms with Gasteiger partial charge in [0.1, 0.15) is 12.3 Å². The quantitative estimate of drug-likeness (QED) is 0.805. The van der Waals surface area contributed by atoms with Gasteiger partial charge in [-0.2, -0.15) is 0 Å². The minimum atomic E-state index is -0.137. The monoisotopic (exact) mass is 307 g/mol. The van der Waals surface area contributed by atoms with Crippen molar-refractivity contribution in [1.29, 1.82) is 0 Å². The maximum Gasteiger partial charge on any atom is 0.207 e. The smallest absolute Gasteiger partial charge is 0.207 e. The van der Waals surface area contributed by atoms with Crippen LogP contribution in [0.25, 0.3) is 0 Å². The van der Waals surface area contributed by atoms with Crippen LogP contribution < -0.4 is 0 Å². The highest BCUT2D eigenvalue weighted by Crippen LogP contribution is 2.19. The van der Waals surface area contributed by atoms with Gasteiger partial charge in [-0.3, -0.25) is 9.78 Å². The molecule has 0 N–H and O–H groups in total. The second kappa shape index (κ2) is 4.83. The fraction of sp³-hybridized carbons (Fsp3) is 0.250. The van der Waals surface area contributed by atoms with Gasteiger partial charge >= 0.3 is 0 Å². The average molecular weight is 309 g/mol. The summed E-state index contributed by atoms with van der Waals surface area (Å²) in [4.78, 5) is 15.3. The summed E-state index contributed by atoms with van der Waals surface area (Å²) in [6, 6.07) is 1.77. The molecule has 0 unspecified atom stereocenters. The molecule has 13 heavy (non-hydrogen) atoms. The van der Waals surface area contributed by atoms with Gasteiger partial charge in [0.05, 0.1) is 0 Å². The van der Waals surface area contributed by atoms with Crippen molar-refractivity contribution in [3.05, 3.63) is 26.9 Å². The number of halogens is 2. The zero-order chi connectivity index (χ0) is 9.84. The molecule has 0 aliphatic heterocycles. The molecule has 0 aliphatic rings. The molecule has 5 heteroatoms. The van der Waals surface area contributed by atoms with Crippen molar-refractivity contribution >= 4 is 37.6 Å². The Bertz CT molecular complexity index is 328. The number of ether oxygens (including phenoxy) is 1. The van der Waals surface area contributed by atoms with Gasteiger partial charge in [0.15, 0.2) is 0 Å². The van der Waals surface area contributed by atoms with E-state index in [0.29, 0.717) is 10.2 Å². The number of pyridine rings is 1. The summed E-state index contributed by atoms with van der Waals surface area (Å²) in [6.07, 6.45) is 1.58. The van der Waals surface area contributed by atoms with Crippen molar-refractivity contribution in [1.82, 2.24) is 4.98 Å². The fourth-order valence-electron chi connectivity index (χ4n) is 0.819. The van der Waals surface area contributed by atoms with Crippen molar-refractivity contribution in [3.8, 4) is 0 Å². The lowest BCUT2D eigenvalue weighted by Gasteiger charge is -2.01. The van der Waals surface area contributed by atoms with E-state index in [2.05, 4.69) is 36.8 Å². The molecule has 0 aliphatic carbocycles. The number of aromatic nitrogens is 1. The number of ketones is 1. The van der Waals surface area contributed by atoms with E-state index in [0.717, 1.165) is 4.47 Å². The highest BCUT2D eigenvalue weighted by molar-refractivity contribution is 9.11. The van der Waals surface area contributed by atoms with E-state index in [1.54, 1.807) is 12.3 Å². The zero-order valence-corrected chi connectivity index (χ0v) is 10.1. The summed E-state index contributed by atoms with van der Waals surface area (Å²) in [5.74, 6) is -0.137. The van der Waals surface area contributed by atoms with Gasteiger partial charge in [0.25, 0.3) is 0 Å². The summed E-state index contributed by atoms with van der Waals surface area (Å²) in [6.45, 7) is 0.0488. The van der Waals surface area contributed by atoms with Crippen LogP contribution >= 0.6 is 31.9 Å². The van der Waals surface area contributed by atoms with E-state index < -0.39 is 0 Å². The number of carbonyl (C=O) groups excluding carboxylic acids is 1. The van der Waals surface area contributed by atoms with E-state index in [1.165, 1.54) is 7.11 Å². The van der Waals surface area contributed by atoms with Gasteiger partial charge in [-0.25, -0.2) is 0 Å². The minimum absolute atomic E-state index is 0.0488. The highest BCUT2D eigenvalue weighted by Gasteiger charge is 2.11. The first-order valence-electron chi connectivity index (χ1n) is 3.48. The third-order valence-electron chi connectivity index (χ3n) is 1.35. The van der Waals surface area contributed by atoms with Crippen LogP contribution in [-0.4, -0.2) is 24.5 Å². The third kappa shape index (κ3) is 2.86. The molecule has 0 aromatic carbocycles. The first kappa shape index (κ1) is 10.8. The van der Waals surface area contributed by atoms with Crippen LogP contribution in [0.5, 0.6) is 0 Å². The molecule has 0 atom stereocenters.